The number of hydrogen-bond acceptors (Lipinski definition) is 9. The van der Waals surface area contributed by atoms with Crippen LogP contribution in [0.5, 0.6) is 23.7 Å². The molecule has 10 heteroatoms. The molecular formula is C19H19FN6O3. The Balaban J connectivity index is 1.60. The highest BCUT2D eigenvalue weighted by atomic mass is 19.1. The summed E-state index contributed by atoms with van der Waals surface area (Å²) in [5, 5.41) is 0. The van der Waals surface area contributed by atoms with Gasteiger partial charge < -0.3 is 19.1 Å². The summed E-state index contributed by atoms with van der Waals surface area (Å²) < 4.78 is 29.1. The van der Waals surface area contributed by atoms with E-state index in [1.807, 2.05) is 4.90 Å². The fourth-order valence-electron chi connectivity index (χ4n) is 3.15. The first-order valence-electron chi connectivity index (χ1n) is 9.02. The van der Waals surface area contributed by atoms with Crippen LogP contribution in [0.2, 0.25) is 0 Å². The van der Waals surface area contributed by atoms with Gasteiger partial charge in [0.05, 0.1) is 38.3 Å². The van der Waals surface area contributed by atoms with Gasteiger partial charge in [0.1, 0.15) is 11.6 Å². The minimum Gasteiger partial charge on any atom is -0.467 e. The number of anilines is 1. The Kier molecular flexibility index (Phi) is 5.32. The van der Waals surface area contributed by atoms with Crippen molar-refractivity contribution < 1.29 is 18.6 Å². The third-order valence-corrected chi connectivity index (χ3v) is 4.47. The van der Waals surface area contributed by atoms with E-state index in [0.29, 0.717) is 17.6 Å². The lowest BCUT2D eigenvalue weighted by Crippen LogP contribution is -2.26. The molecule has 1 aliphatic rings. The lowest BCUT2D eigenvalue weighted by atomic mass is 10.1. The van der Waals surface area contributed by atoms with Gasteiger partial charge in [-0.1, -0.05) is 0 Å². The zero-order valence-corrected chi connectivity index (χ0v) is 15.9. The second kappa shape index (κ2) is 8.21. The molecule has 0 amide bonds. The maximum absolute atomic E-state index is 13.1. The van der Waals surface area contributed by atoms with Gasteiger partial charge in [0, 0.05) is 6.54 Å². The Bertz CT molecular complexity index is 966. The molecule has 29 heavy (non-hydrogen) atoms. The van der Waals surface area contributed by atoms with Crippen LogP contribution in [0.3, 0.4) is 0 Å². The third-order valence-electron chi connectivity index (χ3n) is 4.47. The molecule has 2 aromatic heterocycles. The highest BCUT2D eigenvalue weighted by Gasteiger charge is 2.31. The number of rotatable bonds is 6. The summed E-state index contributed by atoms with van der Waals surface area (Å²) >= 11 is 0. The van der Waals surface area contributed by atoms with Crippen molar-refractivity contribution >= 4 is 5.95 Å². The van der Waals surface area contributed by atoms with Gasteiger partial charge >= 0.3 is 12.0 Å². The predicted molar refractivity (Wildman–Crippen MR) is 101 cm³/mol. The fourth-order valence-corrected chi connectivity index (χ4v) is 3.15. The highest BCUT2D eigenvalue weighted by molar-refractivity contribution is 5.38. The van der Waals surface area contributed by atoms with E-state index in [-0.39, 0.29) is 23.9 Å². The van der Waals surface area contributed by atoms with Crippen LogP contribution in [0, 0.1) is 5.82 Å². The van der Waals surface area contributed by atoms with E-state index < -0.39 is 0 Å². The SMILES string of the molecule is COc1nc(OC)nc(N2CCCC2c2cncc(Oc3ccc(F)cc3)n2)n1. The molecule has 1 unspecified atom stereocenters. The van der Waals surface area contributed by atoms with Gasteiger partial charge in [-0.2, -0.15) is 9.97 Å². The summed E-state index contributed by atoms with van der Waals surface area (Å²) in [4.78, 5) is 23.6. The van der Waals surface area contributed by atoms with Gasteiger partial charge in [0.15, 0.2) is 0 Å². The average Bonchev–Trinajstić information content (AvgIpc) is 3.25. The van der Waals surface area contributed by atoms with Crippen molar-refractivity contribution in [3.05, 3.63) is 48.2 Å². The Morgan fingerprint density at radius 2 is 1.69 bits per heavy atom. The molecule has 1 saturated heterocycles. The Labute approximate surface area is 166 Å². The van der Waals surface area contributed by atoms with E-state index in [1.54, 1.807) is 6.20 Å². The second-order valence-corrected chi connectivity index (χ2v) is 6.30. The maximum atomic E-state index is 13.1. The Hall–Kier alpha value is -3.56. The molecule has 1 fully saturated rings. The quantitative estimate of drug-likeness (QED) is 0.621. The van der Waals surface area contributed by atoms with Gasteiger partial charge in [-0.05, 0) is 37.1 Å². The van der Waals surface area contributed by atoms with Crippen LogP contribution in [0.25, 0.3) is 0 Å². The zero-order valence-electron chi connectivity index (χ0n) is 15.9. The zero-order chi connectivity index (χ0) is 20.2. The molecule has 150 valence electrons. The largest absolute Gasteiger partial charge is 0.467 e. The van der Waals surface area contributed by atoms with E-state index in [1.165, 1.54) is 44.7 Å². The lowest BCUT2D eigenvalue weighted by Gasteiger charge is -2.24. The van der Waals surface area contributed by atoms with Gasteiger partial charge in [0.25, 0.3) is 0 Å². The van der Waals surface area contributed by atoms with Crippen LogP contribution in [0.15, 0.2) is 36.7 Å². The minimum atomic E-state index is -0.331. The highest BCUT2D eigenvalue weighted by Crippen LogP contribution is 2.35. The predicted octanol–water partition coefficient (Wildman–Crippen LogP) is 2.95. The van der Waals surface area contributed by atoms with Gasteiger partial charge in [-0.15, -0.1) is 4.98 Å². The van der Waals surface area contributed by atoms with E-state index in [2.05, 4.69) is 24.9 Å². The van der Waals surface area contributed by atoms with Crippen LogP contribution in [-0.4, -0.2) is 45.7 Å². The summed E-state index contributed by atoms with van der Waals surface area (Å²) in [6.07, 6.45) is 4.99. The molecule has 1 aliphatic heterocycles. The number of methoxy groups -OCH3 is 2. The van der Waals surface area contributed by atoms with E-state index >= 15 is 0 Å². The molecule has 3 heterocycles. The van der Waals surface area contributed by atoms with Crippen LogP contribution in [0.4, 0.5) is 10.3 Å². The summed E-state index contributed by atoms with van der Waals surface area (Å²) in [6.45, 7) is 0.742. The molecule has 4 rings (SSSR count). The molecule has 1 aromatic carbocycles. The summed E-state index contributed by atoms with van der Waals surface area (Å²) in [5.74, 6) is 0.921. The van der Waals surface area contributed by atoms with Crippen molar-refractivity contribution in [1.29, 1.82) is 0 Å². The molecule has 0 saturated carbocycles. The van der Waals surface area contributed by atoms with Crippen molar-refractivity contribution in [3.8, 4) is 23.7 Å². The van der Waals surface area contributed by atoms with Gasteiger partial charge in [-0.3, -0.25) is 4.98 Å². The molecule has 1 atom stereocenters. The molecule has 0 radical (unpaired) electrons. The van der Waals surface area contributed by atoms with Crippen LogP contribution >= 0.6 is 0 Å². The van der Waals surface area contributed by atoms with Crippen LogP contribution in [-0.2, 0) is 0 Å². The average molecular weight is 398 g/mol. The lowest BCUT2D eigenvalue weighted by molar-refractivity contribution is 0.339. The first-order chi connectivity index (χ1) is 14.2. The summed E-state index contributed by atoms with van der Waals surface area (Å²) in [5.41, 5.74) is 0.723. The van der Waals surface area contributed by atoms with Crippen molar-refractivity contribution in [2.24, 2.45) is 0 Å². The Morgan fingerprint density at radius 3 is 2.38 bits per heavy atom. The van der Waals surface area contributed by atoms with Gasteiger partial charge in [0.2, 0.25) is 11.8 Å². The van der Waals surface area contributed by atoms with E-state index in [9.17, 15) is 4.39 Å². The molecule has 9 nitrogen and oxygen atoms in total. The molecule has 0 aliphatic carbocycles. The number of hydrogen-bond donors (Lipinski definition) is 0. The molecule has 0 spiro atoms. The normalized spacial score (nSPS) is 16.0. The van der Waals surface area contributed by atoms with E-state index in [0.717, 1.165) is 25.1 Å². The maximum Gasteiger partial charge on any atom is 0.324 e. The van der Waals surface area contributed by atoms with Crippen LogP contribution in [0.1, 0.15) is 24.6 Å². The second-order valence-electron chi connectivity index (χ2n) is 6.30. The minimum absolute atomic E-state index is 0.0870. The number of nitrogens with zero attached hydrogens (tertiary/aromatic N) is 6. The standard InChI is InChI=1S/C19H19FN6O3/c1-27-18-23-17(24-19(25-18)28-2)26-9-3-4-15(26)14-10-21-11-16(22-14)29-13-7-5-12(20)6-8-13/h5-8,10-11,15H,3-4,9H2,1-2H3. The number of ether oxygens (including phenoxy) is 3. The number of benzene rings is 1. The fraction of sp³-hybridized carbons (Fsp3) is 0.316. The summed E-state index contributed by atoms with van der Waals surface area (Å²) in [7, 11) is 2.98. The first-order valence-corrected chi connectivity index (χ1v) is 9.02. The monoisotopic (exact) mass is 398 g/mol. The van der Waals surface area contributed by atoms with E-state index in [4.69, 9.17) is 14.2 Å². The Morgan fingerprint density at radius 1 is 0.966 bits per heavy atom. The van der Waals surface area contributed by atoms with Crippen LogP contribution < -0.4 is 19.1 Å². The summed E-state index contributed by atoms with van der Waals surface area (Å²) in [6, 6.07) is 5.99. The first kappa shape index (κ1) is 18.8. The molecule has 0 N–H and O–H groups in total. The molecule has 3 aromatic rings. The topological polar surface area (TPSA) is 95.4 Å². The number of halogens is 1. The third kappa shape index (κ3) is 4.15. The molecular weight excluding hydrogens is 379 g/mol. The van der Waals surface area contributed by atoms with Crippen molar-refractivity contribution in [1.82, 2.24) is 24.9 Å². The van der Waals surface area contributed by atoms with Crippen molar-refractivity contribution in [2.45, 2.75) is 18.9 Å². The number of aromatic nitrogens is 5. The molecule has 0 bridgehead atoms. The smallest absolute Gasteiger partial charge is 0.324 e. The van der Waals surface area contributed by atoms with Crippen molar-refractivity contribution in [3.63, 3.8) is 0 Å². The van der Waals surface area contributed by atoms with Crippen molar-refractivity contribution in [2.75, 3.05) is 25.7 Å². The van der Waals surface area contributed by atoms with Gasteiger partial charge in [-0.25, -0.2) is 9.37 Å².